The van der Waals surface area contributed by atoms with Crippen molar-refractivity contribution in [1.29, 1.82) is 0 Å². The molecule has 1 saturated heterocycles. The van der Waals surface area contributed by atoms with Crippen LogP contribution in [0.1, 0.15) is 40.7 Å². The molecule has 42 heavy (non-hydrogen) atoms. The lowest BCUT2D eigenvalue weighted by Crippen LogP contribution is -2.47. The van der Waals surface area contributed by atoms with Gasteiger partial charge in [-0.3, -0.25) is 14.4 Å². The van der Waals surface area contributed by atoms with Crippen molar-refractivity contribution >= 4 is 17.8 Å². The minimum absolute atomic E-state index is 0.0376. The molecule has 10 heteroatoms. The number of rotatable bonds is 13. The van der Waals surface area contributed by atoms with Crippen LogP contribution in [0.2, 0.25) is 0 Å². The van der Waals surface area contributed by atoms with Crippen LogP contribution in [0.5, 0.6) is 11.5 Å². The summed E-state index contributed by atoms with van der Waals surface area (Å²) in [7, 11) is 2.01. The Kier molecular flexibility index (Phi) is 10.5. The van der Waals surface area contributed by atoms with E-state index in [2.05, 4.69) is 4.90 Å². The highest BCUT2D eigenvalue weighted by Gasteiger charge is 2.22. The molecule has 222 valence electrons. The predicted molar refractivity (Wildman–Crippen MR) is 154 cm³/mol. The summed E-state index contributed by atoms with van der Waals surface area (Å²) in [6.45, 7) is 2.98. The molecule has 0 aliphatic carbocycles. The van der Waals surface area contributed by atoms with E-state index in [1.165, 1.54) is 12.1 Å². The Morgan fingerprint density at radius 3 is 2.31 bits per heavy atom. The van der Waals surface area contributed by atoms with Crippen LogP contribution in [0.3, 0.4) is 0 Å². The van der Waals surface area contributed by atoms with Gasteiger partial charge in [0.1, 0.15) is 23.9 Å². The maximum atomic E-state index is 14.1. The van der Waals surface area contributed by atoms with Crippen molar-refractivity contribution in [2.24, 2.45) is 0 Å². The predicted octanol–water partition coefficient (Wildman–Crippen LogP) is 4.72. The Bertz CT molecular complexity index is 1420. The summed E-state index contributed by atoms with van der Waals surface area (Å²) in [5.41, 5.74) is 3.02. The highest BCUT2D eigenvalue weighted by atomic mass is 19.1. The maximum Gasteiger partial charge on any atom is 0.303 e. The fourth-order valence-corrected chi connectivity index (χ4v) is 4.80. The molecular weight excluding hydrogens is 543 g/mol. The number of aliphatic carboxylic acids is 2. The summed E-state index contributed by atoms with van der Waals surface area (Å²) >= 11 is 0. The highest BCUT2D eigenvalue weighted by Crippen LogP contribution is 2.30. The lowest BCUT2D eigenvalue weighted by atomic mass is 10.0. The summed E-state index contributed by atoms with van der Waals surface area (Å²) < 4.78 is 26.1. The first-order valence-electron chi connectivity index (χ1n) is 13.9. The molecule has 3 aromatic rings. The van der Waals surface area contributed by atoms with E-state index in [0.717, 1.165) is 13.1 Å². The molecule has 0 bridgehead atoms. The van der Waals surface area contributed by atoms with E-state index in [1.54, 1.807) is 47.4 Å². The van der Waals surface area contributed by atoms with Gasteiger partial charge in [0.15, 0.2) is 0 Å². The number of hydrogen-bond donors (Lipinski definition) is 2. The van der Waals surface area contributed by atoms with E-state index in [4.69, 9.17) is 14.6 Å². The zero-order chi connectivity index (χ0) is 30.1. The largest absolute Gasteiger partial charge is 0.493 e. The molecule has 9 nitrogen and oxygen atoms in total. The Morgan fingerprint density at radius 1 is 0.857 bits per heavy atom. The highest BCUT2D eigenvalue weighted by molar-refractivity contribution is 5.96. The summed E-state index contributed by atoms with van der Waals surface area (Å²) in [6, 6.07) is 16.6. The zero-order valence-corrected chi connectivity index (χ0v) is 23.6. The number of ether oxygens (including phenoxy) is 2. The molecule has 1 aliphatic heterocycles. The van der Waals surface area contributed by atoms with Gasteiger partial charge in [-0.25, -0.2) is 4.39 Å². The Hall–Kier alpha value is -4.44. The van der Waals surface area contributed by atoms with Crippen molar-refractivity contribution in [3.05, 3.63) is 83.2 Å². The van der Waals surface area contributed by atoms with Crippen molar-refractivity contribution in [3.63, 3.8) is 0 Å². The average Bonchev–Trinajstić information content (AvgIpc) is 2.97. The topological polar surface area (TPSA) is 117 Å². The molecule has 2 N–H and O–H groups in total. The van der Waals surface area contributed by atoms with Crippen LogP contribution in [0.25, 0.3) is 11.1 Å². The van der Waals surface area contributed by atoms with Gasteiger partial charge in [-0.15, -0.1) is 0 Å². The first kappa shape index (κ1) is 30.5. The van der Waals surface area contributed by atoms with Gasteiger partial charge in [0.05, 0.1) is 6.61 Å². The summed E-state index contributed by atoms with van der Waals surface area (Å²) in [6.07, 6.45) is 0.344. The van der Waals surface area contributed by atoms with Crippen LogP contribution in [-0.2, 0) is 22.6 Å². The number of halogens is 1. The van der Waals surface area contributed by atoms with Crippen molar-refractivity contribution in [3.8, 4) is 22.6 Å². The molecule has 1 heterocycles. The van der Waals surface area contributed by atoms with Crippen LogP contribution < -0.4 is 9.47 Å². The van der Waals surface area contributed by atoms with Gasteiger partial charge in [0.2, 0.25) is 0 Å². The van der Waals surface area contributed by atoms with Crippen LogP contribution in [0.15, 0.2) is 60.7 Å². The van der Waals surface area contributed by atoms with Crippen molar-refractivity contribution in [2.45, 2.75) is 32.3 Å². The first-order chi connectivity index (χ1) is 20.2. The summed E-state index contributed by atoms with van der Waals surface area (Å²) in [4.78, 5) is 39.6. The van der Waals surface area contributed by atoms with Gasteiger partial charge in [0.25, 0.3) is 5.91 Å². The first-order valence-corrected chi connectivity index (χ1v) is 13.9. The average molecular weight is 579 g/mol. The number of carboxylic acid groups (broad SMARTS) is 2. The number of carbonyl (C=O) groups is 3. The molecule has 1 aliphatic rings. The number of nitrogens with zero attached hydrogens (tertiary/aromatic N) is 2. The number of likely N-dealkylation sites (N-methyl/N-ethyl adjacent to an activating group) is 1. The fraction of sp³-hybridized carbons (Fsp3) is 0.344. The number of benzene rings is 3. The minimum atomic E-state index is -0.961. The van der Waals surface area contributed by atoms with Crippen LogP contribution in [0.4, 0.5) is 4.39 Å². The number of carboxylic acids is 2. The molecule has 0 spiro atoms. The third-order valence-corrected chi connectivity index (χ3v) is 7.11. The molecule has 0 saturated carbocycles. The molecule has 1 fully saturated rings. The maximum absolute atomic E-state index is 14.1. The molecule has 1 amide bonds. The molecule has 0 atom stereocenters. The second-order valence-corrected chi connectivity index (χ2v) is 10.3. The van der Waals surface area contributed by atoms with Gasteiger partial charge in [-0.2, -0.15) is 0 Å². The van der Waals surface area contributed by atoms with E-state index in [9.17, 15) is 23.9 Å². The SMILES string of the molecule is CN1CCN(C(=O)c2cc(OCc3cccc(OCCCC(=O)O)c3CCC(=O)O)cc(-c3cccc(F)c3)c2)CC1. The van der Waals surface area contributed by atoms with Gasteiger partial charge >= 0.3 is 11.9 Å². The van der Waals surface area contributed by atoms with Crippen molar-refractivity contribution < 1.29 is 38.5 Å². The van der Waals surface area contributed by atoms with Crippen molar-refractivity contribution in [2.75, 3.05) is 39.8 Å². The summed E-state index contributed by atoms with van der Waals surface area (Å²) in [5, 5.41) is 18.2. The lowest BCUT2D eigenvalue weighted by Gasteiger charge is -2.32. The molecule has 0 radical (unpaired) electrons. The number of piperazine rings is 1. The standard InChI is InChI=1S/C32H35FN2O7/c1-34-12-14-35(15-13-34)32(40)25-17-24(22-5-2-7-26(33)18-22)19-27(20-25)42-21-23-6-3-8-29(28(23)10-11-31(38)39)41-16-4-9-30(36)37/h2-3,5-8,17-20H,4,9-16,21H2,1H3,(H,36,37)(H,38,39). The quantitative estimate of drug-likeness (QED) is 0.280. The second kappa shape index (κ2) is 14.5. The number of carbonyl (C=O) groups excluding carboxylic acids is 1. The monoisotopic (exact) mass is 578 g/mol. The van der Waals surface area contributed by atoms with Gasteiger partial charge in [-0.1, -0.05) is 24.3 Å². The Morgan fingerprint density at radius 2 is 1.60 bits per heavy atom. The van der Waals surface area contributed by atoms with Crippen LogP contribution >= 0.6 is 0 Å². The fourth-order valence-electron chi connectivity index (χ4n) is 4.80. The zero-order valence-electron chi connectivity index (χ0n) is 23.6. The summed E-state index contributed by atoms with van der Waals surface area (Å²) in [5.74, 6) is -1.53. The Labute approximate surface area is 244 Å². The van der Waals surface area contributed by atoms with E-state index in [1.807, 2.05) is 13.1 Å². The van der Waals surface area contributed by atoms with Gasteiger partial charge in [-0.05, 0) is 73.0 Å². The minimum Gasteiger partial charge on any atom is -0.493 e. The molecule has 0 aromatic heterocycles. The van der Waals surface area contributed by atoms with E-state index in [-0.39, 0.29) is 38.4 Å². The molecule has 3 aromatic carbocycles. The van der Waals surface area contributed by atoms with Crippen LogP contribution in [-0.4, -0.2) is 77.7 Å². The smallest absolute Gasteiger partial charge is 0.303 e. The molecule has 0 unspecified atom stereocenters. The molecule has 4 rings (SSSR count). The third kappa shape index (κ3) is 8.53. The normalized spacial score (nSPS) is 13.5. The second-order valence-electron chi connectivity index (χ2n) is 10.3. The van der Waals surface area contributed by atoms with Crippen LogP contribution in [0, 0.1) is 5.82 Å². The van der Waals surface area contributed by atoms with E-state index < -0.39 is 17.8 Å². The van der Waals surface area contributed by atoms with Gasteiger partial charge in [0, 0.05) is 50.1 Å². The third-order valence-electron chi connectivity index (χ3n) is 7.11. The lowest BCUT2D eigenvalue weighted by molar-refractivity contribution is -0.138. The van der Waals surface area contributed by atoms with E-state index in [0.29, 0.717) is 58.8 Å². The molecular formula is C32H35FN2O7. The number of amides is 1. The number of hydrogen-bond acceptors (Lipinski definition) is 6. The van der Waals surface area contributed by atoms with E-state index >= 15 is 0 Å². The Balaban J connectivity index is 1.61. The van der Waals surface area contributed by atoms with Gasteiger partial charge < -0.3 is 29.5 Å². The van der Waals surface area contributed by atoms with Crippen molar-refractivity contribution in [1.82, 2.24) is 9.80 Å².